The Bertz CT molecular complexity index is 541. The van der Waals surface area contributed by atoms with Gasteiger partial charge in [0, 0.05) is 11.6 Å². The Kier molecular flexibility index (Phi) is 4.18. The summed E-state index contributed by atoms with van der Waals surface area (Å²) in [6, 6.07) is 3.93. The van der Waals surface area contributed by atoms with Gasteiger partial charge in [-0.05, 0) is 36.5 Å². The molecule has 0 radical (unpaired) electrons. The van der Waals surface area contributed by atoms with Crippen molar-refractivity contribution in [3.05, 3.63) is 28.8 Å². The summed E-state index contributed by atoms with van der Waals surface area (Å²) in [5, 5.41) is 14.7. The van der Waals surface area contributed by atoms with Crippen LogP contribution in [-0.2, 0) is 0 Å². The lowest BCUT2D eigenvalue weighted by Gasteiger charge is -2.38. The van der Waals surface area contributed by atoms with Crippen LogP contribution in [0, 0.1) is 5.41 Å². The first-order valence-corrected chi connectivity index (χ1v) is 6.85. The highest BCUT2D eigenvalue weighted by molar-refractivity contribution is 6.31. The molecule has 6 heteroatoms. The molecule has 2 rings (SSSR count). The molecule has 0 aliphatic heterocycles. The molecule has 1 fully saturated rings. The third-order valence-electron chi connectivity index (χ3n) is 3.70. The molecule has 0 atom stereocenters. The van der Waals surface area contributed by atoms with Gasteiger partial charge >= 0.3 is 12.0 Å². The van der Waals surface area contributed by atoms with Crippen LogP contribution >= 0.6 is 11.6 Å². The summed E-state index contributed by atoms with van der Waals surface area (Å²) < 4.78 is 0. The molecule has 0 unspecified atom stereocenters. The van der Waals surface area contributed by atoms with Crippen LogP contribution in [0.25, 0.3) is 0 Å². The number of rotatable bonds is 4. The molecule has 0 heterocycles. The van der Waals surface area contributed by atoms with E-state index in [4.69, 9.17) is 16.7 Å². The van der Waals surface area contributed by atoms with Crippen LogP contribution in [0.5, 0.6) is 0 Å². The quantitative estimate of drug-likeness (QED) is 0.797. The summed E-state index contributed by atoms with van der Waals surface area (Å²) in [6.07, 6.45) is 3.41. The second-order valence-electron chi connectivity index (χ2n) is 5.47. The van der Waals surface area contributed by atoms with E-state index in [1.807, 2.05) is 0 Å². The molecule has 1 aliphatic carbocycles. The molecule has 1 saturated carbocycles. The van der Waals surface area contributed by atoms with Gasteiger partial charge in [0.1, 0.15) is 0 Å². The van der Waals surface area contributed by atoms with Crippen molar-refractivity contribution < 1.29 is 14.7 Å². The average Bonchev–Trinajstić information content (AvgIpc) is 2.36. The topological polar surface area (TPSA) is 78.4 Å². The maximum absolute atomic E-state index is 11.8. The van der Waals surface area contributed by atoms with E-state index in [1.165, 1.54) is 24.6 Å². The predicted molar refractivity (Wildman–Crippen MR) is 77.4 cm³/mol. The van der Waals surface area contributed by atoms with Crippen molar-refractivity contribution in [3.8, 4) is 0 Å². The van der Waals surface area contributed by atoms with E-state index >= 15 is 0 Å². The zero-order valence-electron chi connectivity index (χ0n) is 11.2. The number of urea groups is 1. The molecule has 0 spiro atoms. The van der Waals surface area contributed by atoms with E-state index in [2.05, 4.69) is 17.6 Å². The first kappa shape index (κ1) is 14.7. The third kappa shape index (κ3) is 3.42. The monoisotopic (exact) mass is 296 g/mol. The summed E-state index contributed by atoms with van der Waals surface area (Å²) in [7, 11) is 0. The molecule has 5 nitrogen and oxygen atoms in total. The largest absolute Gasteiger partial charge is 0.478 e. The lowest BCUT2D eigenvalue weighted by molar-refractivity contribution is 0.0698. The molecule has 20 heavy (non-hydrogen) atoms. The van der Waals surface area contributed by atoms with Gasteiger partial charge in [-0.15, -0.1) is 0 Å². The number of carboxylic acids is 1. The van der Waals surface area contributed by atoms with E-state index < -0.39 is 12.0 Å². The van der Waals surface area contributed by atoms with E-state index in [0.29, 0.717) is 11.6 Å². The molecule has 108 valence electrons. The highest BCUT2D eigenvalue weighted by Gasteiger charge is 2.31. The molecule has 1 aromatic rings. The highest BCUT2D eigenvalue weighted by atomic mass is 35.5. The number of amides is 2. The first-order valence-electron chi connectivity index (χ1n) is 6.47. The number of carbonyl (C=O) groups is 2. The molecule has 3 N–H and O–H groups in total. The van der Waals surface area contributed by atoms with Crippen molar-refractivity contribution in [1.82, 2.24) is 5.32 Å². The maximum Gasteiger partial charge on any atom is 0.337 e. The molecule has 1 aromatic carbocycles. The van der Waals surface area contributed by atoms with Gasteiger partial charge in [-0.2, -0.15) is 0 Å². The number of carbonyl (C=O) groups excluding carboxylic acids is 1. The van der Waals surface area contributed by atoms with Crippen molar-refractivity contribution in [2.24, 2.45) is 5.41 Å². The molecular weight excluding hydrogens is 280 g/mol. The Morgan fingerprint density at radius 2 is 2.10 bits per heavy atom. The van der Waals surface area contributed by atoms with Crippen molar-refractivity contribution in [3.63, 3.8) is 0 Å². The lowest BCUT2D eigenvalue weighted by atomic mass is 9.70. The second kappa shape index (κ2) is 5.71. The SMILES string of the molecule is CC1(CNC(=O)Nc2ccc(Cl)cc2C(=O)O)CCC1. The van der Waals surface area contributed by atoms with Crippen molar-refractivity contribution in [2.45, 2.75) is 26.2 Å². The molecule has 0 saturated heterocycles. The maximum atomic E-state index is 11.8. The average molecular weight is 297 g/mol. The fourth-order valence-corrected chi connectivity index (χ4v) is 2.39. The van der Waals surface area contributed by atoms with Crippen LogP contribution in [0.2, 0.25) is 5.02 Å². The number of halogens is 1. The first-order chi connectivity index (χ1) is 9.39. The standard InChI is InChI=1S/C14H17ClN2O3/c1-14(5-2-6-14)8-16-13(20)17-11-4-3-9(15)7-10(11)12(18)19/h3-4,7H,2,5-6,8H2,1H3,(H,18,19)(H2,16,17,20). The van der Waals surface area contributed by atoms with Crippen LogP contribution < -0.4 is 10.6 Å². The molecule has 0 bridgehead atoms. The minimum atomic E-state index is -1.13. The van der Waals surface area contributed by atoms with Crippen LogP contribution in [0.4, 0.5) is 10.5 Å². The summed E-state index contributed by atoms with van der Waals surface area (Å²) in [5.41, 5.74) is 0.383. The second-order valence-corrected chi connectivity index (χ2v) is 5.90. The van der Waals surface area contributed by atoms with Crippen LogP contribution in [-0.4, -0.2) is 23.7 Å². The van der Waals surface area contributed by atoms with Gasteiger partial charge < -0.3 is 15.7 Å². The van der Waals surface area contributed by atoms with Gasteiger partial charge in [-0.25, -0.2) is 9.59 Å². The third-order valence-corrected chi connectivity index (χ3v) is 3.93. The number of carboxylic acid groups (broad SMARTS) is 1. The van der Waals surface area contributed by atoms with E-state index in [9.17, 15) is 9.59 Å². The normalized spacial score (nSPS) is 16.1. The van der Waals surface area contributed by atoms with Gasteiger partial charge in [-0.1, -0.05) is 24.9 Å². The van der Waals surface area contributed by atoms with Crippen molar-refractivity contribution in [1.29, 1.82) is 0 Å². The molecule has 0 aromatic heterocycles. The van der Waals surface area contributed by atoms with Crippen LogP contribution in [0.1, 0.15) is 36.5 Å². The van der Waals surface area contributed by atoms with Gasteiger partial charge in [0.25, 0.3) is 0 Å². The zero-order valence-corrected chi connectivity index (χ0v) is 12.0. The Balaban J connectivity index is 1.98. The summed E-state index contributed by atoms with van der Waals surface area (Å²) in [4.78, 5) is 22.9. The van der Waals surface area contributed by atoms with Gasteiger partial charge in [-0.3, -0.25) is 0 Å². The fourth-order valence-electron chi connectivity index (χ4n) is 2.22. The Morgan fingerprint density at radius 1 is 1.40 bits per heavy atom. The smallest absolute Gasteiger partial charge is 0.337 e. The van der Waals surface area contributed by atoms with Gasteiger partial charge in [0.05, 0.1) is 11.3 Å². The number of aromatic carboxylic acids is 1. The van der Waals surface area contributed by atoms with E-state index in [1.54, 1.807) is 0 Å². The van der Waals surface area contributed by atoms with E-state index in [-0.39, 0.29) is 16.7 Å². The van der Waals surface area contributed by atoms with Crippen molar-refractivity contribution >= 4 is 29.3 Å². The molecular formula is C14H17ClN2O3. The number of hydrogen-bond donors (Lipinski definition) is 3. The van der Waals surface area contributed by atoms with Gasteiger partial charge in [0.15, 0.2) is 0 Å². The van der Waals surface area contributed by atoms with Gasteiger partial charge in [0.2, 0.25) is 0 Å². The Hall–Kier alpha value is -1.75. The number of benzene rings is 1. The van der Waals surface area contributed by atoms with Crippen LogP contribution in [0.3, 0.4) is 0 Å². The number of anilines is 1. The highest BCUT2D eigenvalue weighted by Crippen LogP contribution is 2.39. The predicted octanol–water partition coefficient (Wildman–Crippen LogP) is 3.35. The molecule has 2 amide bonds. The van der Waals surface area contributed by atoms with Crippen molar-refractivity contribution in [2.75, 3.05) is 11.9 Å². The zero-order chi connectivity index (χ0) is 14.8. The van der Waals surface area contributed by atoms with E-state index in [0.717, 1.165) is 12.8 Å². The number of nitrogens with one attached hydrogen (secondary N) is 2. The minimum Gasteiger partial charge on any atom is -0.478 e. The fraction of sp³-hybridized carbons (Fsp3) is 0.429. The number of hydrogen-bond acceptors (Lipinski definition) is 2. The summed E-state index contributed by atoms with van der Waals surface area (Å²) in [5.74, 6) is -1.13. The Morgan fingerprint density at radius 3 is 2.65 bits per heavy atom. The molecule has 1 aliphatic rings. The Labute approximate surface area is 122 Å². The lowest BCUT2D eigenvalue weighted by Crippen LogP contribution is -2.41. The summed E-state index contributed by atoms with van der Waals surface area (Å²) in [6.45, 7) is 2.72. The van der Waals surface area contributed by atoms with Crippen LogP contribution in [0.15, 0.2) is 18.2 Å². The minimum absolute atomic E-state index is 0.0255. The summed E-state index contributed by atoms with van der Waals surface area (Å²) >= 11 is 5.75.